The molecule has 0 aliphatic rings. The van der Waals surface area contributed by atoms with Crippen LogP contribution in [0.2, 0.25) is 0 Å². The van der Waals surface area contributed by atoms with Crippen LogP contribution in [0.4, 0.5) is 0 Å². The first kappa shape index (κ1) is 20.4. The number of pyridine rings is 1. The zero-order chi connectivity index (χ0) is 22.3. The van der Waals surface area contributed by atoms with E-state index in [-0.39, 0.29) is 0 Å². The highest BCUT2D eigenvalue weighted by Crippen LogP contribution is 2.34. The number of H-pyrrole nitrogens is 1. The number of nitrogens with zero attached hydrogens (tertiary/aromatic N) is 5. The molecule has 4 heterocycles. The van der Waals surface area contributed by atoms with E-state index in [1.54, 1.807) is 30.8 Å². The normalized spacial score (nSPS) is 11.5. The topological polar surface area (TPSA) is 103 Å². The standard InChI is InChI=1S/C23H20N6OS/c1-12-6-16(14(3)29(12)23-18(9-25)13(2)15(4)31-23)7-17(8-24)22-27-19-10-26-11-20(30-5)21(19)28-22/h6-7,10-11H,1-5H3,(H,27,28)/b17-7+. The second kappa shape index (κ2) is 7.75. The van der Waals surface area contributed by atoms with Gasteiger partial charge in [-0.1, -0.05) is 0 Å². The predicted molar refractivity (Wildman–Crippen MR) is 121 cm³/mol. The van der Waals surface area contributed by atoms with E-state index >= 15 is 0 Å². The van der Waals surface area contributed by atoms with Crippen LogP contribution in [0.25, 0.3) is 27.7 Å². The molecule has 0 saturated carbocycles. The van der Waals surface area contributed by atoms with Crippen LogP contribution in [0, 0.1) is 50.4 Å². The third kappa shape index (κ3) is 3.27. The monoisotopic (exact) mass is 428 g/mol. The first-order valence-electron chi connectivity index (χ1n) is 9.58. The summed E-state index contributed by atoms with van der Waals surface area (Å²) in [6.07, 6.45) is 5.06. The van der Waals surface area contributed by atoms with E-state index in [2.05, 4.69) is 31.7 Å². The van der Waals surface area contributed by atoms with Crippen LogP contribution in [0.1, 0.15) is 38.8 Å². The molecular weight excluding hydrogens is 408 g/mol. The fourth-order valence-electron chi connectivity index (χ4n) is 3.64. The highest BCUT2D eigenvalue weighted by atomic mass is 32.1. The summed E-state index contributed by atoms with van der Waals surface area (Å²) in [7, 11) is 1.56. The second-order valence-corrected chi connectivity index (χ2v) is 8.43. The summed E-state index contributed by atoms with van der Waals surface area (Å²) in [5, 5.41) is 20.4. The SMILES string of the molecule is COc1cncc2[nH]c(/C(C#N)=C/c3cc(C)n(-c4sc(C)c(C)c4C#N)c3C)nc12. The van der Waals surface area contributed by atoms with Gasteiger partial charge in [-0.15, -0.1) is 11.3 Å². The number of fused-ring (bicyclic) bond motifs is 1. The number of thiophene rings is 1. The number of nitriles is 2. The Hall–Kier alpha value is -3.88. The van der Waals surface area contributed by atoms with Crippen LogP contribution in [-0.4, -0.2) is 26.6 Å². The minimum atomic E-state index is 0.401. The van der Waals surface area contributed by atoms with Crippen LogP contribution >= 0.6 is 11.3 Å². The van der Waals surface area contributed by atoms with Gasteiger partial charge in [-0.3, -0.25) is 4.98 Å². The Balaban J connectivity index is 1.84. The number of methoxy groups -OCH3 is 1. The van der Waals surface area contributed by atoms with Gasteiger partial charge in [0, 0.05) is 16.3 Å². The third-order valence-electron chi connectivity index (χ3n) is 5.41. The van der Waals surface area contributed by atoms with Gasteiger partial charge in [-0.25, -0.2) is 4.98 Å². The molecular formula is C23H20N6OS. The lowest BCUT2D eigenvalue weighted by molar-refractivity contribution is 0.417. The smallest absolute Gasteiger partial charge is 0.164 e. The van der Waals surface area contributed by atoms with Gasteiger partial charge in [0.25, 0.3) is 0 Å². The highest BCUT2D eigenvalue weighted by molar-refractivity contribution is 7.14. The lowest BCUT2D eigenvalue weighted by Crippen LogP contribution is -1.99. The number of imidazole rings is 1. The molecule has 0 spiro atoms. The van der Waals surface area contributed by atoms with Crippen molar-refractivity contribution in [1.29, 1.82) is 10.5 Å². The van der Waals surface area contributed by atoms with Crippen molar-refractivity contribution < 1.29 is 4.74 Å². The molecule has 154 valence electrons. The fourth-order valence-corrected chi connectivity index (χ4v) is 4.86. The zero-order valence-electron chi connectivity index (χ0n) is 17.9. The number of hydrogen-bond acceptors (Lipinski definition) is 6. The molecule has 0 saturated heterocycles. The fraction of sp³-hybridized carbons (Fsp3) is 0.217. The van der Waals surface area contributed by atoms with Crippen molar-refractivity contribution in [2.45, 2.75) is 27.7 Å². The Morgan fingerprint density at radius 1 is 1.23 bits per heavy atom. The Morgan fingerprint density at radius 2 is 2.00 bits per heavy atom. The molecule has 31 heavy (non-hydrogen) atoms. The number of aryl methyl sites for hydroxylation is 2. The van der Waals surface area contributed by atoms with E-state index in [0.29, 0.717) is 33.7 Å². The molecule has 0 aliphatic carbocycles. The molecule has 8 heteroatoms. The summed E-state index contributed by atoms with van der Waals surface area (Å²) in [5.41, 5.74) is 6.27. The highest BCUT2D eigenvalue weighted by Gasteiger charge is 2.19. The molecule has 0 fully saturated rings. The molecule has 7 nitrogen and oxygen atoms in total. The summed E-state index contributed by atoms with van der Waals surface area (Å²) in [6.45, 7) is 7.99. The molecule has 0 radical (unpaired) electrons. The Kier molecular flexibility index (Phi) is 5.10. The van der Waals surface area contributed by atoms with Gasteiger partial charge < -0.3 is 14.3 Å². The molecule has 4 aromatic rings. The maximum atomic E-state index is 9.83. The lowest BCUT2D eigenvalue weighted by Gasteiger charge is -2.07. The van der Waals surface area contributed by atoms with Crippen molar-refractivity contribution in [3.63, 3.8) is 0 Å². The molecule has 0 unspecified atom stereocenters. The van der Waals surface area contributed by atoms with Gasteiger partial charge in [0.05, 0.1) is 36.2 Å². The predicted octanol–water partition coefficient (Wildman–Crippen LogP) is 4.99. The average molecular weight is 429 g/mol. The first-order chi connectivity index (χ1) is 14.9. The van der Waals surface area contributed by atoms with Crippen molar-refractivity contribution in [2.75, 3.05) is 7.11 Å². The van der Waals surface area contributed by atoms with Crippen molar-refractivity contribution >= 4 is 34.0 Å². The maximum absolute atomic E-state index is 9.83. The number of ether oxygens (including phenoxy) is 1. The van der Waals surface area contributed by atoms with Gasteiger partial charge in [-0.05, 0) is 51.0 Å². The number of aromatic amines is 1. The lowest BCUT2D eigenvalue weighted by atomic mass is 10.1. The minimum absolute atomic E-state index is 0.401. The van der Waals surface area contributed by atoms with Crippen LogP contribution in [0.3, 0.4) is 0 Å². The van der Waals surface area contributed by atoms with Crippen molar-refractivity contribution in [1.82, 2.24) is 19.5 Å². The van der Waals surface area contributed by atoms with Crippen LogP contribution in [-0.2, 0) is 0 Å². The second-order valence-electron chi connectivity index (χ2n) is 7.23. The summed E-state index contributed by atoms with van der Waals surface area (Å²) >= 11 is 1.60. The Bertz CT molecular complexity index is 1440. The summed E-state index contributed by atoms with van der Waals surface area (Å²) in [6, 6.07) is 6.60. The van der Waals surface area contributed by atoms with E-state index < -0.39 is 0 Å². The van der Waals surface area contributed by atoms with E-state index in [0.717, 1.165) is 32.4 Å². The first-order valence-corrected chi connectivity index (χ1v) is 10.4. The van der Waals surface area contributed by atoms with E-state index in [1.807, 2.05) is 39.8 Å². The van der Waals surface area contributed by atoms with Crippen molar-refractivity contribution in [3.05, 3.63) is 57.2 Å². The largest absolute Gasteiger partial charge is 0.493 e. The van der Waals surface area contributed by atoms with Crippen molar-refractivity contribution in [3.8, 4) is 22.9 Å². The molecule has 0 atom stereocenters. The number of rotatable bonds is 4. The molecule has 0 amide bonds. The Morgan fingerprint density at radius 3 is 2.68 bits per heavy atom. The average Bonchev–Trinajstić information content (AvgIpc) is 3.39. The number of aromatic nitrogens is 4. The Labute approximate surface area is 183 Å². The van der Waals surface area contributed by atoms with Gasteiger partial charge in [-0.2, -0.15) is 10.5 Å². The van der Waals surface area contributed by atoms with Gasteiger partial charge >= 0.3 is 0 Å². The minimum Gasteiger partial charge on any atom is -0.493 e. The third-order valence-corrected chi connectivity index (χ3v) is 6.60. The zero-order valence-corrected chi connectivity index (χ0v) is 18.7. The van der Waals surface area contributed by atoms with Gasteiger partial charge in [0.2, 0.25) is 0 Å². The molecule has 0 bridgehead atoms. The summed E-state index contributed by atoms with van der Waals surface area (Å²) in [5.74, 6) is 0.997. The van der Waals surface area contributed by atoms with E-state index in [1.165, 1.54) is 0 Å². The summed E-state index contributed by atoms with van der Waals surface area (Å²) in [4.78, 5) is 13.0. The molecule has 0 aromatic carbocycles. The van der Waals surface area contributed by atoms with Crippen molar-refractivity contribution in [2.24, 2.45) is 0 Å². The van der Waals surface area contributed by atoms with Crippen LogP contribution in [0.5, 0.6) is 5.75 Å². The van der Waals surface area contributed by atoms with Gasteiger partial charge in [0.15, 0.2) is 5.75 Å². The number of allylic oxidation sites excluding steroid dienone is 1. The maximum Gasteiger partial charge on any atom is 0.164 e. The van der Waals surface area contributed by atoms with E-state index in [9.17, 15) is 10.5 Å². The van der Waals surface area contributed by atoms with Gasteiger partial charge in [0.1, 0.15) is 28.5 Å². The van der Waals surface area contributed by atoms with E-state index in [4.69, 9.17) is 4.74 Å². The molecule has 4 aromatic heterocycles. The summed E-state index contributed by atoms with van der Waals surface area (Å²) < 4.78 is 7.40. The molecule has 4 rings (SSSR count). The molecule has 1 N–H and O–H groups in total. The van der Waals surface area contributed by atoms with Crippen LogP contribution in [0.15, 0.2) is 18.5 Å². The van der Waals surface area contributed by atoms with Crippen LogP contribution < -0.4 is 4.74 Å². The molecule has 0 aliphatic heterocycles. The number of hydrogen-bond donors (Lipinski definition) is 1. The number of nitrogens with one attached hydrogen (secondary N) is 1. The quantitative estimate of drug-likeness (QED) is 0.461.